The SMILES string of the molecule is CC(=O)OCN(CN(CN(CCO[N+](=O)[O-])[N+](=O)[O-])[N+](=O)[O-])[N+](=O)[O-]. The van der Waals surface area contributed by atoms with E-state index >= 15 is 0 Å². The molecule has 0 aliphatic heterocycles. The molecule has 18 nitrogen and oxygen atoms in total. The van der Waals surface area contributed by atoms with E-state index in [1.165, 1.54) is 0 Å². The normalized spacial score (nSPS) is 9.64. The summed E-state index contributed by atoms with van der Waals surface area (Å²) < 4.78 is 4.34. The fraction of sp³-hybridized carbons (Fsp3) is 0.857. The van der Waals surface area contributed by atoms with Gasteiger partial charge in [-0.15, -0.1) is 15.1 Å². The molecular weight excluding hydrogens is 358 g/mol. The van der Waals surface area contributed by atoms with Crippen LogP contribution in [-0.2, 0) is 14.4 Å². The van der Waals surface area contributed by atoms with Gasteiger partial charge in [-0.2, -0.15) is 0 Å². The van der Waals surface area contributed by atoms with Gasteiger partial charge in [-0.05, 0) is 0 Å². The fourth-order valence-electron chi connectivity index (χ4n) is 1.25. The number of ether oxygens (including phenoxy) is 1. The van der Waals surface area contributed by atoms with Gasteiger partial charge in [0, 0.05) is 6.92 Å². The third kappa shape index (κ3) is 9.10. The van der Waals surface area contributed by atoms with Crippen LogP contribution in [0.5, 0.6) is 0 Å². The molecule has 0 bridgehead atoms. The van der Waals surface area contributed by atoms with Crippen LogP contribution in [0.15, 0.2) is 0 Å². The molecule has 0 aromatic rings. The smallest absolute Gasteiger partial charge is 0.304 e. The van der Waals surface area contributed by atoms with Crippen LogP contribution in [0.3, 0.4) is 0 Å². The average molecular weight is 371 g/mol. The summed E-state index contributed by atoms with van der Waals surface area (Å²) in [5.74, 6) is -0.886. The second-order valence-corrected chi connectivity index (χ2v) is 4.06. The van der Waals surface area contributed by atoms with Crippen molar-refractivity contribution in [3.05, 3.63) is 40.5 Å². The minimum atomic E-state index is -1.21. The van der Waals surface area contributed by atoms with E-state index in [-0.39, 0.29) is 15.0 Å². The number of hydrogen-bond donors (Lipinski definition) is 0. The molecule has 0 unspecified atom stereocenters. The highest BCUT2D eigenvalue weighted by molar-refractivity contribution is 5.65. The van der Waals surface area contributed by atoms with Gasteiger partial charge >= 0.3 is 5.97 Å². The van der Waals surface area contributed by atoms with Gasteiger partial charge in [-0.25, -0.2) is 30.3 Å². The Morgan fingerprint density at radius 2 is 1.36 bits per heavy atom. The molecular formula is C7H13N7O11. The zero-order valence-electron chi connectivity index (χ0n) is 12.7. The van der Waals surface area contributed by atoms with E-state index in [1.54, 1.807) is 0 Å². The summed E-state index contributed by atoms with van der Waals surface area (Å²) in [4.78, 5) is 57.0. The zero-order chi connectivity index (χ0) is 19.6. The lowest BCUT2D eigenvalue weighted by Crippen LogP contribution is -2.51. The predicted molar refractivity (Wildman–Crippen MR) is 70.7 cm³/mol. The zero-order valence-corrected chi connectivity index (χ0v) is 12.7. The molecule has 0 spiro atoms. The van der Waals surface area contributed by atoms with Gasteiger partial charge in [0.2, 0.25) is 20.1 Å². The molecule has 18 heteroatoms. The van der Waals surface area contributed by atoms with Crippen molar-refractivity contribution in [1.82, 2.24) is 15.0 Å². The van der Waals surface area contributed by atoms with Crippen molar-refractivity contribution < 1.29 is 34.6 Å². The van der Waals surface area contributed by atoms with E-state index in [0.29, 0.717) is 0 Å². The van der Waals surface area contributed by atoms with Crippen LogP contribution in [0, 0.1) is 40.5 Å². The second kappa shape index (κ2) is 10.1. The summed E-state index contributed by atoms with van der Waals surface area (Å²) >= 11 is 0. The predicted octanol–water partition coefficient (Wildman–Crippen LogP) is -1.89. The van der Waals surface area contributed by atoms with Gasteiger partial charge in [-0.3, -0.25) is 4.79 Å². The van der Waals surface area contributed by atoms with Gasteiger partial charge in [0.1, 0.15) is 13.2 Å². The minimum absolute atomic E-state index is 0.0707. The highest BCUT2D eigenvalue weighted by Gasteiger charge is 2.31. The molecule has 0 atom stereocenters. The second-order valence-electron chi connectivity index (χ2n) is 4.06. The molecule has 142 valence electrons. The molecule has 0 aromatic carbocycles. The lowest BCUT2D eigenvalue weighted by Gasteiger charge is -2.21. The Kier molecular flexibility index (Phi) is 8.61. The first-order valence-electron chi connectivity index (χ1n) is 6.13. The van der Waals surface area contributed by atoms with Gasteiger partial charge in [-0.1, -0.05) is 10.0 Å². The topological polar surface area (TPSA) is 218 Å². The molecule has 25 heavy (non-hydrogen) atoms. The van der Waals surface area contributed by atoms with Crippen molar-refractivity contribution in [2.45, 2.75) is 6.92 Å². The van der Waals surface area contributed by atoms with Crippen molar-refractivity contribution in [2.24, 2.45) is 0 Å². The highest BCUT2D eigenvalue weighted by Crippen LogP contribution is 2.01. The quantitative estimate of drug-likeness (QED) is 0.150. The molecule has 0 amide bonds. The van der Waals surface area contributed by atoms with E-state index in [0.717, 1.165) is 6.92 Å². The molecule has 0 aromatic heterocycles. The Balaban J connectivity index is 4.94. The molecule has 0 N–H and O–H groups in total. The van der Waals surface area contributed by atoms with Crippen LogP contribution in [0.2, 0.25) is 0 Å². The van der Waals surface area contributed by atoms with Crippen LogP contribution >= 0.6 is 0 Å². The van der Waals surface area contributed by atoms with Crippen molar-refractivity contribution >= 4 is 5.97 Å². The van der Waals surface area contributed by atoms with E-state index in [1.807, 2.05) is 0 Å². The number of hydrazine groups is 3. The molecule has 0 radical (unpaired) electrons. The summed E-state index contributed by atoms with van der Waals surface area (Å²) in [5.41, 5.74) is 0. The van der Waals surface area contributed by atoms with Crippen LogP contribution in [0.4, 0.5) is 0 Å². The van der Waals surface area contributed by atoms with Crippen molar-refractivity contribution in [1.29, 1.82) is 0 Å². The third-order valence-corrected chi connectivity index (χ3v) is 2.31. The Labute approximate surface area is 137 Å². The Bertz CT molecular complexity index is 527. The third-order valence-electron chi connectivity index (χ3n) is 2.31. The summed E-state index contributed by atoms with van der Waals surface area (Å²) in [6, 6.07) is 0. The van der Waals surface area contributed by atoms with E-state index in [9.17, 15) is 45.3 Å². The molecule has 0 saturated heterocycles. The number of carbonyl (C=O) groups excluding carboxylic acids is 1. The number of rotatable bonds is 13. The number of nitrogens with zero attached hydrogens (tertiary/aromatic N) is 7. The van der Waals surface area contributed by atoms with Gasteiger partial charge < -0.3 is 9.57 Å². The maximum absolute atomic E-state index is 10.9. The van der Waals surface area contributed by atoms with Crippen molar-refractivity contribution in [3.8, 4) is 0 Å². The maximum Gasteiger partial charge on any atom is 0.304 e. The largest absolute Gasteiger partial charge is 0.439 e. The summed E-state index contributed by atoms with van der Waals surface area (Å²) in [6.45, 7) is -3.59. The monoisotopic (exact) mass is 371 g/mol. The number of hydrogen-bond acceptors (Lipinski definition) is 11. The summed E-state index contributed by atoms with van der Waals surface area (Å²) in [7, 11) is 0. The van der Waals surface area contributed by atoms with E-state index < -0.39 is 59.4 Å². The van der Waals surface area contributed by atoms with Crippen LogP contribution in [0.1, 0.15) is 6.92 Å². The lowest BCUT2D eigenvalue weighted by atomic mass is 10.6. The maximum atomic E-state index is 10.9. The summed E-state index contributed by atoms with van der Waals surface area (Å²) in [6.07, 6.45) is 0. The van der Waals surface area contributed by atoms with E-state index in [2.05, 4.69) is 9.57 Å². The lowest BCUT2D eigenvalue weighted by molar-refractivity contribution is -0.764. The molecule has 0 heterocycles. The Morgan fingerprint density at radius 3 is 1.76 bits per heavy atom. The van der Waals surface area contributed by atoms with Crippen LogP contribution in [-0.4, -0.2) is 74.4 Å². The first-order valence-corrected chi connectivity index (χ1v) is 6.13. The Hall–Kier alpha value is -3.73. The standard InChI is InChI=1S/C7H13N7O11/c1-7(15)24-6-10(13(20)21)5-9(12(18)19)4-8(11(16)17)2-3-25-14(22)23/h2-6H2,1H3. The number of carbonyl (C=O) groups is 1. The van der Waals surface area contributed by atoms with Crippen LogP contribution in [0.25, 0.3) is 0 Å². The first-order chi connectivity index (χ1) is 11.5. The van der Waals surface area contributed by atoms with Gasteiger partial charge in [0.25, 0.3) is 5.09 Å². The van der Waals surface area contributed by atoms with E-state index in [4.69, 9.17) is 0 Å². The minimum Gasteiger partial charge on any atom is -0.439 e. The summed E-state index contributed by atoms with van der Waals surface area (Å²) in [5, 5.41) is 38.3. The molecule has 0 saturated carbocycles. The van der Waals surface area contributed by atoms with Crippen LogP contribution < -0.4 is 0 Å². The van der Waals surface area contributed by atoms with Gasteiger partial charge in [0.05, 0.1) is 0 Å². The average Bonchev–Trinajstić information content (AvgIpc) is 2.46. The Morgan fingerprint density at radius 1 is 0.880 bits per heavy atom. The number of nitro groups is 3. The van der Waals surface area contributed by atoms with Crippen molar-refractivity contribution in [3.63, 3.8) is 0 Å². The fourth-order valence-corrected chi connectivity index (χ4v) is 1.25. The van der Waals surface area contributed by atoms with Gasteiger partial charge in [0.15, 0.2) is 15.1 Å². The molecule has 0 rings (SSSR count). The molecule has 0 aliphatic rings. The molecule has 0 aliphatic carbocycles. The van der Waals surface area contributed by atoms with Crippen molar-refractivity contribution in [2.75, 3.05) is 33.2 Å². The molecule has 0 fully saturated rings. The first kappa shape index (κ1) is 21.3. The highest BCUT2D eigenvalue weighted by atomic mass is 16.9. The number of esters is 1.